The molecule has 0 aliphatic carbocycles. The fraction of sp³-hybridized carbons (Fsp3) is 0.316. The Morgan fingerprint density at radius 2 is 1.65 bits per heavy atom. The molecule has 12 heteroatoms. The smallest absolute Gasteiger partial charge is 0.368 e. The molecule has 0 radical (unpaired) electrons. The van der Waals surface area contributed by atoms with Crippen LogP contribution in [0.4, 0.5) is 24.5 Å². The lowest BCUT2D eigenvalue weighted by molar-refractivity contribution is -0.388. The maximum Gasteiger partial charge on any atom is 0.416 e. The number of hydrogen-bond donors (Lipinski definition) is 0. The van der Waals surface area contributed by atoms with Gasteiger partial charge in [0.25, 0.3) is 5.69 Å². The Hall–Kier alpha value is -3.15. The lowest BCUT2D eigenvalue weighted by Gasteiger charge is -2.36. The zero-order chi connectivity index (χ0) is 22.8. The molecule has 0 unspecified atom stereocenters. The second kappa shape index (κ2) is 8.53. The van der Waals surface area contributed by atoms with E-state index < -0.39 is 48.7 Å². The van der Waals surface area contributed by atoms with Crippen molar-refractivity contribution in [2.75, 3.05) is 36.8 Å². The summed E-state index contributed by atoms with van der Waals surface area (Å²) in [5.74, 6) is -1.83. The van der Waals surface area contributed by atoms with Crippen molar-refractivity contribution in [1.82, 2.24) is 4.90 Å². The molecule has 2 aromatic rings. The zero-order valence-electron chi connectivity index (χ0n) is 16.1. The largest absolute Gasteiger partial charge is 0.416 e. The average Bonchev–Trinajstić information content (AvgIpc) is 2.73. The number of rotatable bonds is 5. The fourth-order valence-corrected chi connectivity index (χ4v) is 4.67. The summed E-state index contributed by atoms with van der Waals surface area (Å²) in [6.07, 6.45) is -4.87. The summed E-state index contributed by atoms with van der Waals surface area (Å²) in [5.41, 5.74) is -1.60. The molecular formula is C19H18F3N3O5S. The molecule has 1 aliphatic heterocycles. The summed E-state index contributed by atoms with van der Waals surface area (Å²) < 4.78 is 63.7. The number of amides is 1. The third-order valence-corrected chi connectivity index (χ3v) is 6.53. The lowest BCUT2D eigenvalue weighted by atomic mass is 10.2. The Morgan fingerprint density at radius 1 is 1.03 bits per heavy atom. The number of piperazine rings is 1. The first kappa shape index (κ1) is 22.5. The number of halogens is 3. The molecule has 31 heavy (non-hydrogen) atoms. The molecule has 0 atom stereocenters. The first-order valence-corrected chi connectivity index (χ1v) is 10.8. The summed E-state index contributed by atoms with van der Waals surface area (Å²) in [4.78, 5) is 24.9. The number of para-hydroxylation sites is 1. The van der Waals surface area contributed by atoms with Crippen LogP contribution in [0.1, 0.15) is 5.56 Å². The Bertz CT molecular complexity index is 1080. The van der Waals surface area contributed by atoms with Gasteiger partial charge < -0.3 is 9.80 Å². The molecule has 8 nitrogen and oxygen atoms in total. The van der Waals surface area contributed by atoms with Gasteiger partial charge in [-0.15, -0.1) is 0 Å². The minimum Gasteiger partial charge on any atom is -0.368 e. The molecule has 0 N–H and O–H groups in total. The van der Waals surface area contributed by atoms with Gasteiger partial charge >= 0.3 is 6.18 Å². The van der Waals surface area contributed by atoms with Gasteiger partial charge in [-0.1, -0.05) is 18.2 Å². The van der Waals surface area contributed by atoms with E-state index in [1.165, 1.54) is 4.90 Å². The average molecular weight is 457 g/mol. The Kier molecular flexibility index (Phi) is 6.20. The highest BCUT2D eigenvalue weighted by molar-refractivity contribution is 7.92. The Balaban J connectivity index is 1.74. The second-order valence-corrected chi connectivity index (χ2v) is 8.86. The van der Waals surface area contributed by atoms with Crippen molar-refractivity contribution >= 4 is 27.1 Å². The maximum atomic E-state index is 12.8. The number of nitrogens with zero attached hydrogens (tertiary/aromatic N) is 3. The number of alkyl halides is 3. The van der Waals surface area contributed by atoms with Gasteiger partial charge in [0.2, 0.25) is 5.91 Å². The van der Waals surface area contributed by atoms with Gasteiger partial charge in [0.05, 0.1) is 10.5 Å². The second-order valence-electron chi connectivity index (χ2n) is 6.90. The van der Waals surface area contributed by atoms with E-state index in [1.54, 1.807) is 0 Å². The van der Waals surface area contributed by atoms with Gasteiger partial charge in [-0.25, -0.2) is 8.42 Å². The van der Waals surface area contributed by atoms with E-state index in [4.69, 9.17) is 0 Å². The zero-order valence-corrected chi connectivity index (χ0v) is 16.9. The van der Waals surface area contributed by atoms with Gasteiger partial charge in [0.15, 0.2) is 9.84 Å². The van der Waals surface area contributed by atoms with E-state index in [-0.39, 0.29) is 19.2 Å². The van der Waals surface area contributed by atoms with E-state index in [0.717, 1.165) is 5.69 Å². The van der Waals surface area contributed by atoms with Crippen LogP contribution >= 0.6 is 0 Å². The highest BCUT2D eigenvalue weighted by Crippen LogP contribution is 2.35. The van der Waals surface area contributed by atoms with E-state index in [0.29, 0.717) is 25.2 Å². The molecule has 166 valence electrons. The molecule has 1 saturated heterocycles. The van der Waals surface area contributed by atoms with Gasteiger partial charge in [0.1, 0.15) is 10.6 Å². The maximum absolute atomic E-state index is 12.8. The van der Waals surface area contributed by atoms with Gasteiger partial charge in [-0.2, -0.15) is 13.2 Å². The number of carbonyl (C=O) groups excluding carboxylic acids is 1. The van der Waals surface area contributed by atoms with Crippen LogP contribution in [0.25, 0.3) is 0 Å². The first-order chi connectivity index (χ1) is 14.5. The fourth-order valence-electron chi connectivity index (χ4n) is 3.28. The highest BCUT2D eigenvalue weighted by Gasteiger charge is 2.36. The van der Waals surface area contributed by atoms with E-state index in [1.807, 2.05) is 35.2 Å². The standard InChI is InChI=1S/C19H18F3N3O5S/c20-19(21,22)14-6-7-17(16(12-14)25(27)28)31(29,30)13-18(26)24-10-8-23(9-11-24)15-4-2-1-3-5-15/h1-7,12H,8-11,13H2. The number of hydrogen-bond acceptors (Lipinski definition) is 6. The van der Waals surface area contributed by atoms with Crippen LogP contribution in [-0.4, -0.2) is 56.1 Å². The summed E-state index contributed by atoms with van der Waals surface area (Å²) in [7, 11) is -4.53. The van der Waals surface area contributed by atoms with Crippen molar-refractivity contribution in [1.29, 1.82) is 0 Å². The van der Waals surface area contributed by atoms with Crippen molar-refractivity contribution in [2.45, 2.75) is 11.1 Å². The van der Waals surface area contributed by atoms with Gasteiger partial charge in [-0.3, -0.25) is 14.9 Å². The van der Waals surface area contributed by atoms with Crippen molar-refractivity contribution in [2.24, 2.45) is 0 Å². The quantitative estimate of drug-likeness (QED) is 0.506. The van der Waals surface area contributed by atoms with E-state index in [2.05, 4.69) is 0 Å². The minimum absolute atomic E-state index is 0.163. The molecule has 2 aromatic carbocycles. The number of sulfone groups is 1. The van der Waals surface area contributed by atoms with E-state index >= 15 is 0 Å². The summed E-state index contributed by atoms with van der Waals surface area (Å²) in [6.45, 7) is 1.43. The summed E-state index contributed by atoms with van der Waals surface area (Å²) >= 11 is 0. The third-order valence-electron chi connectivity index (χ3n) is 4.89. The molecule has 0 aromatic heterocycles. The summed E-state index contributed by atoms with van der Waals surface area (Å²) in [5, 5.41) is 11.2. The molecule has 0 saturated carbocycles. The van der Waals surface area contributed by atoms with Gasteiger partial charge in [0, 0.05) is 37.9 Å². The number of benzene rings is 2. The molecule has 1 heterocycles. The van der Waals surface area contributed by atoms with Crippen LogP contribution in [0.3, 0.4) is 0 Å². The Labute approximate surface area is 175 Å². The summed E-state index contributed by atoms with van der Waals surface area (Å²) in [6, 6.07) is 10.6. The number of nitro groups is 1. The highest BCUT2D eigenvalue weighted by atomic mass is 32.2. The number of anilines is 1. The molecular weight excluding hydrogens is 439 g/mol. The van der Waals surface area contributed by atoms with Crippen LogP contribution < -0.4 is 4.90 Å². The van der Waals surface area contributed by atoms with Crippen molar-refractivity contribution in [3.63, 3.8) is 0 Å². The van der Waals surface area contributed by atoms with Crippen LogP contribution in [0.5, 0.6) is 0 Å². The van der Waals surface area contributed by atoms with Crippen LogP contribution in [0, 0.1) is 10.1 Å². The Morgan fingerprint density at radius 3 is 2.19 bits per heavy atom. The molecule has 1 amide bonds. The lowest BCUT2D eigenvalue weighted by Crippen LogP contribution is -2.50. The number of nitro benzene ring substituents is 1. The SMILES string of the molecule is O=C(CS(=O)(=O)c1ccc(C(F)(F)F)cc1[N+](=O)[O-])N1CCN(c2ccccc2)CC1. The van der Waals surface area contributed by atoms with Crippen molar-refractivity contribution in [3.8, 4) is 0 Å². The van der Waals surface area contributed by atoms with Gasteiger partial charge in [-0.05, 0) is 24.3 Å². The van der Waals surface area contributed by atoms with Crippen LogP contribution in [0.15, 0.2) is 53.4 Å². The molecule has 0 spiro atoms. The van der Waals surface area contributed by atoms with Crippen molar-refractivity contribution in [3.05, 3.63) is 64.2 Å². The molecule has 3 rings (SSSR count). The van der Waals surface area contributed by atoms with E-state index in [9.17, 15) is 36.5 Å². The predicted octanol–water partition coefficient (Wildman–Crippen LogP) is 2.74. The first-order valence-electron chi connectivity index (χ1n) is 9.15. The molecule has 1 fully saturated rings. The third kappa shape index (κ3) is 5.13. The normalized spacial score (nSPS) is 15.1. The monoisotopic (exact) mass is 457 g/mol. The predicted molar refractivity (Wildman–Crippen MR) is 105 cm³/mol. The van der Waals surface area contributed by atoms with Crippen molar-refractivity contribution < 1.29 is 31.3 Å². The van der Waals surface area contributed by atoms with Crippen LogP contribution in [-0.2, 0) is 20.8 Å². The topological polar surface area (TPSA) is 101 Å². The number of carbonyl (C=O) groups is 1. The molecule has 1 aliphatic rings. The van der Waals surface area contributed by atoms with Crippen LogP contribution in [0.2, 0.25) is 0 Å². The minimum atomic E-state index is -4.87. The molecule has 0 bridgehead atoms.